The van der Waals surface area contributed by atoms with E-state index in [1.807, 2.05) is 36.9 Å². The standard InChI is InChI=1S/C23H32N2O3/c1-17-6-7-18(2)20(14-17)22(27)24-11-9-23(10-12-24)16-25(15-19-4-3-5-19)21(26)8-13-28-23/h6-7,14,19H,3-5,8-13,15-16H2,1-2H3. The van der Waals surface area contributed by atoms with E-state index in [0.29, 0.717) is 38.6 Å². The minimum absolute atomic E-state index is 0.118. The number of piperidine rings is 1. The van der Waals surface area contributed by atoms with Crippen molar-refractivity contribution in [3.8, 4) is 0 Å². The van der Waals surface area contributed by atoms with Crippen molar-refractivity contribution in [3.05, 3.63) is 34.9 Å². The van der Waals surface area contributed by atoms with Gasteiger partial charge < -0.3 is 14.5 Å². The van der Waals surface area contributed by atoms with Crippen LogP contribution in [0.3, 0.4) is 0 Å². The molecule has 3 aliphatic rings. The van der Waals surface area contributed by atoms with Crippen LogP contribution in [0.15, 0.2) is 18.2 Å². The molecule has 0 N–H and O–H groups in total. The summed E-state index contributed by atoms with van der Waals surface area (Å²) >= 11 is 0. The molecular weight excluding hydrogens is 352 g/mol. The van der Waals surface area contributed by atoms with Gasteiger partial charge in [-0.05, 0) is 57.1 Å². The third-order valence-corrected chi connectivity index (χ3v) is 6.84. The number of ether oxygens (including phenoxy) is 1. The van der Waals surface area contributed by atoms with Crippen LogP contribution in [0.4, 0.5) is 0 Å². The summed E-state index contributed by atoms with van der Waals surface area (Å²) < 4.78 is 6.24. The summed E-state index contributed by atoms with van der Waals surface area (Å²) in [6.45, 7) is 7.48. The second-order valence-corrected chi connectivity index (χ2v) is 8.96. The molecule has 28 heavy (non-hydrogen) atoms. The van der Waals surface area contributed by atoms with Crippen LogP contribution in [0.25, 0.3) is 0 Å². The molecule has 0 bridgehead atoms. The first kappa shape index (κ1) is 19.4. The van der Waals surface area contributed by atoms with Crippen molar-refractivity contribution >= 4 is 11.8 Å². The van der Waals surface area contributed by atoms with Gasteiger partial charge in [0, 0.05) is 31.7 Å². The number of hydrogen-bond donors (Lipinski definition) is 0. The van der Waals surface area contributed by atoms with Crippen molar-refractivity contribution in [2.24, 2.45) is 5.92 Å². The Kier molecular flexibility index (Phi) is 5.46. The molecule has 5 nitrogen and oxygen atoms in total. The van der Waals surface area contributed by atoms with Crippen LogP contribution in [-0.2, 0) is 9.53 Å². The van der Waals surface area contributed by atoms with Crippen molar-refractivity contribution in [3.63, 3.8) is 0 Å². The van der Waals surface area contributed by atoms with E-state index < -0.39 is 0 Å². The first-order valence-electron chi connectivity index (χ1n) is 10.7. The molecule has 0 unspecified atom stereocenters. The topological polar surface area (TPSA) is 49.9 Å². The summed E-state index contributed by atoms with van der Waals surface area (Å²) in [5.41, 5.74) is 2.66. The third kappa shape index (κ3) is 3.95. The predicted octanol–water partition coefficient (Wildman–Crippen LogP) is 3.33. The number of hydrogen-bond acceptors (Lipinski definition) is 3. The summed E-state index contributed by atoms with van der Waals surface area (Å²) in [4.78, 5) is 29.6. The zero-order valence-corrected chi connectivity index (χ0v) is 17.2. The fourth-order valence-electron chi connectivity index (χ4n) is 4.70. The zero-order chi connectivity index (χ0) is 19.7. The highest BCUT2D eigenvalue weighted by atomic mass is 16.5. The van der Waals surface area contributed by atoms with Gasteiger partial charge in [0.1, 0.15) is 0 Å². The van der Waals surface area contributed by atoms with Crippen LogP contribution < -0.4 is 0 Å². The molecule has 0 aromatic heterocycles. The van der Waals surface area contributed by atoms with Crippen molar-refractivity contribution in [1.29, 1.82) is 0 Å². The number of amides is 2. The quantitative estimate of drug-likeness (QED) is 0.803. The maximum Gasteiger partial charge on any atom is 0.254 e. The van der Waals surface area contributed by atoms with Gasteiger partial charge in [-0.2, -0.15) is 0 Å². The molecule has 3 fully saturated rings. The third-order valence-electron chi connectivity index (χ3n) is 6.84. The highest BCUT2D eigenvalue weighted by Crippen LogP contribution is 2.33. The Morgan fingerprint density at radius 1 is 1.21 bits per heavy atom. The van der Waals surface area contributed by atoms with Gasteiger partial charge in [0.25, 0.3) is 5.91 Å². The maximum atomic E-state index is 13.0. The lowest BCUT2D eigenvalue weighted by Crippen LogP contribution is -2.54. The minimum atomic E-state index is -0.283. The van der Waals surface area contributed by atoms with E-state index in [9.17, 15) is 9.59 Å². The monoisotopic (exact) mass is 384 g/mol. The molecule has 4 rings (SSSR count). The second kappa shape index (κ2) is 7.86. The molecule has 2 heterocycles. The lowest BCUT2D eigenvalue weighted by molar-refractivity contribution is -0.133. The summed E-state index contributed by atoms with van der Waals surface area (Å²) in [5.74, 6) is 1.02. The van der Waals surface area contributed by atoms with Crippen molar-refractivity contribution in [1.82, 2.24) is 9.80 Å². The number of aryl methyl sites for hydroxylation is 2. The van der Waals surface area contributed by atoms with Crippen molar-refractivity contribution in [2.45, 2.75) is 58.0 Å². The molecule has 1 spiro atoms. The van der Waals surface area contributed by atoms with Gasteiger partial charge in [-0.25, -0.2) is 0 Å². The zero-order valence-electron chi connectivity index (χ0n) is 17.2. The molecule has 2 aliphatic heterocycles. The first-order valence-corrected chi connectivity index (χ1v) is 10.7. The Morgan fingerprint density at radius 3 is 2.64 bits per heavy atom. The first-order chi connectivity index (χ1) is 13.5. The van der Waals surface area contributed by atoms with Gasteiger partial charge in [-0.15, -0.1) is 0 Å². The number of likely N-dealkylation sites (tertiary alicyclic amines) is 1. The molecule has 152 valence electrons. The maximum absolute atomic E-state index is 13.0. The highest BCUT2D eigenvalue weighted by Gasteiger charge is 2.42. The summed E-state index contributed by atoms with van der Waals surface area (Å²) in [7, 11) is 0. The van der Waals surface area contributed by atoms with Crippen LogP contribution in [0, 0.1) is 19.8 Å². The fourth-order valence-corrected chi connectivity index (χ4v) is 4.70. The van der Waals surface area contributed by atoms with E-state index in [4.69, 9.17) is 4.74 Å². The van der Waals surface area contributed by atoms with Gasteiger partial charge >= 0.3 is 0 Å². The molecule has 2 saturated heterocycles. The second-order valence-electron chi connectivity index (χ2n) is 8.96. The Hall–Kier alpha value is -1.88. The van der Waals surface area contributed by atoms with Crippen LogP contribution in [0.1, 0.15) is 60.0 Å². The van der Waals surface area contributed by atoms with Gasteiger partial charge in [0.05, 0.1) is 18.6 Å². The molecule has 1 aromatic carbocycles. The van der Waals surface area contributed by atoms with E-state index in [2.05, 4.69) is 4.90 Å². The number of carbonyl (C=O) groups excluding carboxylic acids is 2. The van der Waals surface area contributed by atoms with E-state index >= 15 is 0 Å². The number of rotatable bonds is 3. The van der Waals surface area contributed by atoms with Crippen LogP contribution in [-0.4, -0.2) is 60.0 Å². The molecule has 1 saturated carbocycles. The fraction of sp³-hybridized carbons (Fsp3) is 0.652. The largest absolute Gasteiger partial charge is 0.372 e. The van der Waals surface area contributed by atoms with Gasteiger partial charge in [0.15, 0.2) is 0 Å². The van der Waals surface area contributed by atoms with Gasteiger partial charge in [-0.3, -0.25) is 9.59 Å². The summed E-state index contributed by atoms with van der Waals surface area (Å²) in [6, 6.07) is 6.06. The van der Waals surface area contributed by atoms with Crippen LogP contribution in [0.2, 0.25) is 0 Å². The average Bonchev–Trinajstić information content (AvgIpc) is 2.79. The van der Waals surface area contributed by atoms with E-state index in [0.717, 1.165) is 36.1 Å². The van der Waals surface area contributed by atoms with E-state index in [1.54, 1.807) is 0 Å². The lowest BCUT2D eigenvalue weighted by Gasteiger charge is -2.43. The van der Waals surface area contributed by atoms with Crippen molar-refractivity contribution < 1.29 is 14.3 Å². The van der Waals surface area contributed by atoms with Gasteiger partial charge in [0.2, 0.25) is 5.91 Å². The SMILES string of the molecule is Cc1ccc(C)c(C(=O)N2CCC3(CC2)CN(CC2CCC2)C(=O)CCO3)c1. The Balaban J connectivity index is 1.42. The Morgan fingerprint density at radius 2 is 1.96 bits per heavy atom. The van der Waals surface area contributed by atoms with Crippen LogP contribution in [0.5, 0.6) is 0 Å². The normalized spacial score (nSPS) is 22.9. The summed E-state index contributed by atoms with van der Waals surface area (Å²) in [6.07, 6.45) is 5.88. The molecule has 2 amide bonds. The summed E-state index contributed by atoms with van der Waals surface area (Å²) in [5, 5.41) is 0. The van der Waals surface area contributed by atoms with Gasteiger partial charge in [-0.1, -0.05) is 24.1 Å². The predicted molar refractivity (Wildman–Crippen MR) is 108 cm³/mol. The molecule has 1 aromatic rings. The molecule has 5 heteroatoms. The van der Waals surface area contributed by atoms with Crippen molar-refractivity contribution in [2.75, 3.05) is 32.8 Å². The molecular formula is C23H32N2O3. The smallest absolute Gasteiger partial charge is 0.254 e. The van der Waals surface area contributed by atoms with E-state index in [-0.39, 0.29) is 17.4 Å². The average molecular weight is 385 g/mol. The number of nitrogens with zero attached hydrogens (tertiary/aromatic N) is 2. The molecule has 0 atom stereocenters. The lowest BCUT2D eigenvalue weighted by atomic mass is 9.84. The highest BCUT2D eigenvalue weighted by molar-refractivity contribution is 5.96. The molecule has 1 aliphatic carbocycles. The number of carbonyl (C=O) groups is 2. The Labute approximate surface area is 168 Å². The van der Waals surface area contributed by atoms with Crippen LogP contribution >= 0.6 is 0 Å². The number of benzene rings is 1. The Bertz CT molecular complexity index is 748. The van der Waals surface area contributed by atoms with E-state index in [1.165, 1.54) is 19.3 Å². The minimum Gasteiger partial charge on any atom is -0.372 e. The molecule has 0 radical (unpaired) electrons.